The number of hydrogen-bond acceptors (Lipinski definition) is 21. The zero-order valence-electron chi connectivity index (χ0n) is 46.2. The van der Waals surface area contributed by atoms with Crippen LogP contribution < -0.4 is 0 Å². The molecule has 0 saturated heterocycles. The van der Waals surface area contributed by atoms with Crippen LogP contribution in [0.25, 0.3) is 0 Å². The number of ether oxygens (including phenoxy) is 20. The Morgan fingerprint density at radius 2 is 0.305 bits per heavy atom. The summed E-state index contributed by atoms with van der Waals surface area (Å²) in [5, 5.41) is 8.60. The summed E-state index contributed by atoms with van der Waals surface area (Å²) >= 11 is 0. The zero-order valence-corrected chi connectivity index (χ0v) is 46.2. The van der Waals surface area contributed by atoms with Crippen LogP contribution in [0.15, 0.2) is 0 Å². The van der Waals surface area contributed by atoms with Gasteiger partial charge in [0.05, 0.1) is 271 Å². The summed E-state index contributed by atoms with van der Waals surface area (Å²) in [5.41, 5.74) is 0. The zero-order chi connectivity index (χ0) is 60.8. The maximum atomic E-state index is 13.8. The van der Waals surface area contributed by atoms with Crippen LogP contribution in [0.3, 0.4) is 0 Å². The van der Waals surface area contributed by atoms with Crippen molar-refractivity contribution in [2.24, 2.45) is 0 Å². The van der Waals surface area contributed by atoms with Crippen LogP contribution in [-0.2, 0) is 94.7 Å². The average Bonchev–Trinajstić information content (AvgIpc) is 3.63. The van der Waals surface area contributed by atoms with Crippen molar-refractivity contribution < 1.29 is 157 Å². The normalized spacial score (nSPS) is 13.1. The predicted molar refractivity (Wildman–Crippen MR) is 259 cm³/mol. The molecule has 0 spiro atoms. The van der Waals surface area contributed by atoms with Gasteiger partial charge in [0.1, 0.15) is 0 Å². The molecule has 21 nitrogen and oxygen atoms in total. The van der Waals surface area contributed by atoms with Crippen molar-refractivity contribution in [2.75, 3.05) is 271 Å². The number of halogens is 13. The van der Waals surface area contributed by atoms with E-state index >= 15 is 0 Å². The number of alkyl halides is 13. The smallest absolute Gasteiger partial charge is 0.394 e. The molecule has 0 aliphatic carbocycles. The molecule has 1 N–H and O–H groups in total. The number of aliphatic hydroxyl groups is 1. The van der Waals surface area contributed by atoms with E-state index in [2.05, 4.69) is 4.74 Å². The molecule has 0 aromatic carbocycles. The molecule has 494 valence electrons. The average molecular weight is 1250 g/mol. The van der Waals surface area contributed by atoms with E-state index in [1.807, 2.05) is 0 Å². The van der Waals surface area contributed by atoms with Gasteiger partial charge in [0.25, 0.3) is 0 Å². The quantitative estimate of drug-likeness (QED) is 0.0661. The first kappa shape index (κ1) is 80.2. The van der Waals surface area contributed by atoms with Crippen molar-refractivity contribution in [3.05, 3.63) is 0 Å². The first-order valence-corrected chi connectivity index (χ1v) is 26.4. The highest BCUT2D eigenvalue weighted by atomic mass is 19.4. The lowest BCUT2D eigenvalue weighted by Gasteiger charge is -2.39. The lowest BCUT2D eigenvalue weighted by atomic mass is 9.93. The van der Waals surface area contributed by atoms with Gasteiger partial charge in [0, 0.05) is 6.42 Å². The molecule has 0 bridgehead atoms. The Hall–Kier alpha value is -1.75. The number of hydrogen-bond donors (Lipinski definition) is 1. The minimum atomic E-state index is -7.94. The summed E-state index contributed by atoms with van der Waals surface area (Å²) < 4.78 is 277. The van der Waals surface area contributed by atoms with Crippen molar-refractivity contribution in [3.8, 4) is 0 Å². The molecule has 0 aromatic heterocycles. The largest absolute Gasteiger partial charge is 0.460 e. The first-order chi connectivity index (χ1) is 39.3. The fourth-order valence-corrected chi connectivity index (χ4v) is 5.50. The van der Waals surface area contributed by atoms with E-state index in [0.29, 0.717) is 205 Å². The van der Waals surface area contributed by atoms with Gasteiger partial charge >= 0.3 is 35.8 Å². The van der Waals surface area contributed by atoms with E-state index in [4.69, 9.17) is 95.1 Å². The molecule has 0 aliphatic rings. The molecule has 0 fully saturated rings. The Bertz CT molecular complexity index is 1380. The van der Waals surface area contributed by atoms with Gasteiger partial charge in [-0.3, -0.25) is 0 Å². The minimum Gasteiger partial charge on any atom is -0.394 e. The molecule has 82 heavy (non-hydrogen) atoms. The van der Waals surface area contributed by atoms with Crippen LogP contribution in [0.4, 0.5) is 57.1 Å². The van der Waals surface area contributed by atoms with Crippen LogP contribution in [0.5, 0.6) is 0 Å². The summed E-state index contributed by atoms with van der Waals surface area (Å²) in [7, 11) is 0. The predicted octanol–water partition coefficient (Wildman–Crippen LogP) is 4.44. The molecule has 0 radical (unpaired) electrons. The third-order valence-corrected chi connectivity index (χ3v) is 9.86. The molecule has 0 atom stereocenters. The molecule has 0 rings (SSSR count). The van der Waals surface area contributed by atoms with Crippen molar-refractivity contribution >= 4 is 0 Å². The Labute approximate surface area is 469 Å². The lowest BCUT2D eigenvalue weighted by molar-refractivity contribution is -0.440. The summed E-state index contributed by atoms with van der Waals surface area (Å²) in [4.78, 5) is 0. The Morgan fingerprint density at radius 1 is 0.171 bits per heavy atom. The van der Waals surface area contributed by atoms with Crippen LogP contribution in [0.2, 0.25) is 0 Å². The van der Waals surface area contributed by atoms with Crippen LogP contribution >= 0.6 is 0 Å². The second-order valence-corrected chi connectivity index (χ2v) is 16.2. The van der Waals surface area contributed by atoms with Gasteiger partial charge in [0.2, 0.25) is 0 Å². The van der Waals surface area contributed by atoms with Crippen molar-refractivity contribution in [3.63, 3.8) is 0 Å². The van der Waals surface area contributed by atoms with Gasteiger partial charge in [-0.1, -0.05) is 0 Å². The van der Waals surface area contributed by atoms with Gasteiger partial charge in [-0.2, -0.15) is 57.1 Å². The highest BCUT2D eigenvalue weighted by Crippen LogP contribution is 2.60. The van der Waals surface area contributed by atoms with Crippen LogP contribution in [0, 0.1) is 0 Å². The Kier molecular flexibility index (Phi) is 51.3. The molecule has 0 saturated carbocycles. The lowest BCUT2D eigenvalue weighted by Crippen LogP contribution is -2.70. The topological polar surface area (TPSA) is 205 Å². The van der Waals surface area contributed by atoms with E-state index in [-0.39, 0.29) is 52.9 Å². The van der Waals surface area contributed by atoms with Crippen molar-refractivity contribution in [1.82, 2.24) is 0 Å². The molecule has 0 heterocycles. The molecule has 34 heteroatoms. The van der Waals surface area contributed by atoms with Crippen LogP contribution in [-0.4, -0.2) is 312 Å². The monoisotopic (exact) mass is 1240 g/mol. The van der Waals surface area contributed by atoms with Crippen molar-refractivity contribution in [2.45, 2.75) is 42.2 Å². The summed E-state index contributed by atoms with van der Waals surface area (Å²) in [6.07, 6.45) is -9.90. The molecule has 0 aliphatic heterocycles. The highest BCUT2D eigenvalue weighted by Gasteiger charge is 2.90. The second kappa shape index (κ2) is 52.4. The van der Waals surface area contributed by atoms with Gasteiger partial charge < -0.3 is 99.8 Å². The molecule has 0 aromatic rings. The standard InChI is InChI=1S/C48H85F13O21/c49-43(50,44(51,52)45(53,54)46(55,56)47(57,58)48(59,60)61)1-3-63-5-7-65-9-11-67-13-15-69-17-19-71-21-23-73-25-27-75-29-31-77-33-35-79-37-39-81-41-42-82-40-38-80-36-34-78-32-30-76-28-26-74-24-22-72-20-18-70-16-14-68-12-10-66-8-6-64-4-2-62/h62H,1-42H2. The molecule has 0 unspecified atom stereocenters. The van der Waals surface area contributed by atoms with Gasteiger partial charge in [-0.15, -0.1) is 0 Å². The fraction of sp³-hybridized carbons (Fsp3) is 1.00. The third-order valence-electron chi connectivity index (χ3n) is 9.86. The molecule has 0 amide bonds. The molecular weight excluding hydrogens is 1160 g/mol. The van der Waals surface area contributed by atoms with E-state index in [0.717, 1.165) is 0 Å². The molecular formula is C48H85F13O21. The summed E-state index contributed by atoms with van der Waals surface area (Å²) in [6.45, 7) is 11.5. The van der Waals surface area contributed by atoms with Gasteiger partial charge in [-0.05, 0) is 0 Å². The van der Waals surface area contributed by atoms with E-state index < -0.39 is 55.4 Å². The van der Waals surface area contributed by atoms with E-state index in [9.17, 15) is 57.1 Å². The van der Waals surface area contributed by atoms with E-state index in [1.54, 1.807) is 0 Å². The van der Waals surface area contributed by atoms with Gasteiger partial charge in [0.15, 0.2) is 0 Å². The number of rotatable bonds is 66. The van der Waals surface area contributed by atoms with Crippen LogP contribution in [0.1, 0.15) is 6.42 Å². The SMILES string of the molecule is OCCOCCOCCOCCOCCOCCOCCOCCOCCOCCOCCOCCOCCOCCOCCOCCOCCOCCOCCOCCOCCC(F)(F)C(F)(F)C(F)(F)C(F)(F)C(F)(F)C(F)(F)F. The van der Waals surface area contributed by atoms with Crippen molar-refractivity contribution in [1.29, 1.82) is 0 Å². The third kappa shape index (κ3) is 40.6. The summed E-state index contributed by atoms with van der Waals surface area (Å²) in [6, 6.07) is 0. The maximum Gasteiger partial charge on any atom is 0.460 e. The Morgan fingerprint density at radius 3 is 0.451 bits per heavy atom. The second-order valence-electron chi connectivity index (χ2n) is 16.2. The summed E-state index contributed by atoms with van der Waals surface area (Å²) in [5.74, 6) is -37.1. The highest BCUT2D eigenvalue weighted by molar-refractivity contribution is 5.10. The first-order valence-electron chi connectivity index (χ1n) is 26.4. The van der Waals surface area contributed by atoms with E-state index in [1.165, 1.54) is 0 Å². The van der Waals surface area contributed by atoms with Gasteiger partial charge in [-0.25, -0.2) is 0 Å². The Balaban J connectivity index is 3.33. The maximum absolute atomic E-state index is 13.8. The fourth-order valence-electron chi connectivity index (χ4n) is 5.50. The minimum absolute atomic E-state index is 0.00161. The number of aliphatic hydroxyl groups excluding tert-OH is 1.